The van der Waals surface area contributed by atoms with E-state index in [1.807, 2.05) is 48.5 Å². The zero-order valence-electron chi connectivity index (χ0n) is 19.0. The molecule has 3 nitrogen and oxygen atoms in total. The Hall–Kier alpha value is -4.11. The summed E-state index contributed by atoms with van der Waals surface area (Å²) in [4.78, 5) is 12.5. The van der Waals surface area contributed by atoms with Gasteiger partial charge in [0.15, 0.2) is 0 Å². The van der Waals surface area contributed by atoms with Crippen LogP contribution < -0.4 is 4.74 Å². The van der Waals surface area contributed by atoms with Crippen LogP contribution in [0.2, 0.25) is 0 Å². The molecule has 0 amide bonds. The Morgan fingerprint density at radius 3 is 1.71 bits per heavy atom. The van der Waals surface area contributed by atoms with Crippen LogP contribution in [0.4, 0.5) is 0 Å². The molecule has 0 aromatic heterocycles. The number of carbonyl (C=O) groups is 1. The molecule has 0 aliphatic rings. The van der Waals surface area contributed by atoms with E-state index >= 15 is 0 Å². The monoisotopic (exact) mass is 446 g/mol. The Kier molecular flexibility index (Phi) is 6.01. The van der Waals surface area contributed by atoms with Gasteiger partial charge in [-0.1, -0.05) is 97.1 Å². The third-order valence-electron chi connectivity index (χ3n) is 6.69. The van der Waals surface area contributed by atoms with Gasteiger partial charge in [-0.25, -0.2) is 0 Å². The zero-order chi connectivity index (χ0) is 23.5. The summed E-state index contributed by atoms with van der Waals surface area (Å²) in [6.07, 6.45) is 0.448. The molecule has 0 saturated carbocycles. The minimum absolute atomic E-state index is 0.0969. The number of ether oxygens (including phenoxy) is 1. The van der Waals surface area contributed by atoms with Crippen LogP contribution in [0.25, 0.3) is 21.5 Å². The van der Waals surface area contributed by atoms with Crippen molar-refractivity contribution < 1.29 is 14.6 Å². The summed E-state index contributed by atoms with van der Waals surface area (Å²) in [7, 11) is 1.61. The van der Waals surface area contributed by atoms with Crippen molar-refractivity contribution in [1.29, 1.82) is 0 Å². The lowest BCUT2D eigenvalue weighted by Gasteiger charge is -2.25. The van der Waals surface area contributed by atoms with Gasteiger partial charge in [-0.05, 0) is 56.8 Å². The van der Waals surface area contributed by atoms with Crippen LogP contribution in [-0.4, -0.2) is 18.2 Å². The van der Waals surface area contributed by atoms with Crippen molar-refractivity contribution in [3.05, 3.63) is 126 Å². The van der Waals surface area contributed by atoms with E-state index in [-0.39, 0.29) is 5.92 Å². The number of hydrogen-bond donors (Lipinski definition) is 1. The summed E-state index contributed by atoms with van der Waals surface area (Å²) in [5.74, 6) is -0.863. The first-order chi connectivity index (χ1) is 16.7. The summed E-state index contributed by atoms with van der Waals surface area (Å²) in [6, 6.07) is 36.7. The van der Waals surface area contributed by atoms with Crippen LogP contribution in [-0.2, 0) is 4.79 Å². The molecular weight excluding hydrogens is 420 g/mol. The number of benzene rings is 5. The molecule has 3 heteroatoms. The number of aliphatic carboxylic acids is 1. The van der Waals surface area contributed by atoms with Gasteiger partial charge in [-0.3, -0.25) is 4.79 Å². The van der Waals surface area contributed by atoms with E-state index in [4.69, 9.17) is 4.74 Å². The van der Waals surface area contributed by atoms with Gasteiger partial charge in [0, 0.05) is 5.92 Å². The van der Waals surface area contributed by atoms with Gasteiger partial charge < -0.3 is 9.84 Å². The van der Waals surface area contributed by atoms with E-state index in [1.54, 1.807) is 7.11 Å². The van der Waals surface area contributed by atoms with Crippen molar-refractivity contribution in [3.8, 4) is 5.75 Å². The summed E-state index contributed by atoms with van der Waals surface area (Å²) in [5.41, 5.74) is 3.07. The molecule has 0 aliphatic heterocycles. The Morgan fingerprint density at radius 2 is 1.21 bits per heavy atom. The van der Waals surface area contributed by atoms with Gasteiger partial charge >= 0.3 is 5.97 Å². The van der Waals surface area contributed by atoms with Crippen LogP contribution >= 0.6 is 0 Å². The molecule has 0 heterocycles. The van der Waals surface area contributed by atoms with E-state index < -0.39 is 11.9 Å². The molecule has 1 atom stereocenters. The number of hydrogen-bond acceptors (Lipinski definition) is 2. The van der Waals surface area contributed by atoms with Crippen molar-refractivity contribution in [2.24, 2.45) is 0 Å². The first kappa shape index (κ1) is 21.7. The Labute approximate surface area is 199 Å². The van der Waals surface area contributed by atoms with Crippen LogP contribution in [0, 0.1) is 0 Å². The first-order valence-electron chi connectivity index (χ1n) is 11.5. The molecule has 0 unspecified atom stereocenters. The highest BCUT2D eigenvalue weighted by Gasteiger charge is 2.28. The highest BCUT2D eigenvalue weighted by atomic mass is 16.5. The fourth-order valence-electron chi connectivity index (χ4n) is 4.98. The molecule has 168 valence electrons. The second-order valence-electron chi connectivity index (χ2n) is 8.59. The molecule has 0 bridgehead atoms. The van der Waals surface area contributed by atoms with Gasteiger partial charge in [-0.15, -0.1) is 0 Å². The van der Waals surface area contributed by atoms with E-state index in [9.17, 15) is 9.90 Å². The van der Waals surface area contributed by atoms with Crippen molar-refractivity contribution in [3.63, 3.8) is 0 Å². The average molecular weight is 447 g/mol. The van der Waals surface area contributed by atoms with E-state index in [2.05, 4.69) is 60.7 Å². The van der Waals surface area contributed by atoms with E-state index in [0.29, 0.717) is 12.2 Å². The molecular formula is C31H26O3. The second-order valence-corrected chi connectivity index (χ2v) is 8.59. The molecule has 34 heavy (non-hydrogen) atoms. The lowest BCUT2D eigenvalue weighted by molar-refractivity contribution is -0.139. The minimum atomic E-state index is -0.823. The molecule has 1 N–H and O–H groups in total. The van der Waals surface area contributed by atoms with Crippen molar-refractivity contribution >= 4 is 27.5 Å². The lowest BCUT2D eigenvalue weighted by Crippen LogP contribution is -2.17. The van der Waals surface area contributed by atoms with Crippen LogP contribution in [0.3, 0.4) is 0 Å². The lowest BCUT2D eigenvalue weighted by atomic mass is 9.78. The molecule has 0 fully saturated rings. The highest BCUT2D eigenvalue weighted by molar-refractivity contribution is 5.90. The van der Waals surface area contributed by atoms with Crippen molar-refractivity contribution in [2.75, 3.05) is 7.11 Å². The molecule has 0 aliphatic carbocycles. The maximum absolute atomic E-state index is 12.5. The number of fused-ring (bicyclic) bond motifs is 2. The van der Waals surface area contributed by atoms with Crippen LogP contribution in [0.5, 0.6) is 5.75 Å². The maximum Gasteiger partial charge on any atom is 0.311 e. The summed E-state index contributed by atoms with van der Waals surface area (Å²) in [6.45, 7) is 0. The van der Waals surface area contributed by atoms with Gasteiger partial charge in [0.2, 0.25) is 0 Å². The SMILES string of the molecule is COc1ccc([C@@H](CC(c2cccc3ccccc23)c2cccc3ccccc23)C(=O)O)cc1. The third kappa shape index (κ3) is 4.13. The molecule has 5 aromatic carbocycles. The smallest absolute Gasteiger partial charge is 0.311 e. The fourth-order valence-corrected chi connectivity index (χ4v) is 4.98. The van der Waals surface area contributed by atoms with Gasteiger partial charge in [-0.2, -0.15) is 0 Å². The second kappa shape index (κ2) is 9.40. The van der Waals surface area contributed by atoms with Crippen LogP contribution in [0.15, 0.2) is 109 Å². The average Bonchev–Trinajstić information content (AvgIpc) is 2.89. The molecule has 0 radical (unpaired) electrons. The summed E-state index contributed by atoms with van der Waals surface area (Å²) >= 11 is 0. The normalized spacial score (nSPS) is 12.2. The number of carboxylic acid groups (broad SMARTS) is 1. The molecule has 5 rings (SSSR count). The molecule has 5 aromatic rings. The Morgan fingerprint density at radius 1 is 0.706 bits per heavy atom. The van der Waals surface area contributed by atoms with Gasteiger partial charge in [0.25, 0.3) is 0 Å². The van der Waals surface area contributed by atoms with Crippen LogP contribution in [0.1, 0.15) is 34.9 Å². The van der Waals surface area contributed by atoms with E-state index in [0.717, 1.165) is 38.2 Å². The van der Waals surface area contributed by atoms with Crippen molar-refractivity contribution in [2.45, 2.75) is 18.3 Å². The maximum atomic E-state index is 12.5. The Bertz CT molecular complexity index is 1360. The largest absolute Gasteiger partial charge is 0.497 e. The topological polar surface area (TPSA) is 46.5 Å². The summed E-state index contributed by atoms with van der Waals surface area (Å²) < 4.78 is 5.28. The predicted octanol–water partition coefficient (Wildman–Crippen LogP) is 7.39. The van der Waals surface area contributed by atoms with Gasteiger partial charge in [0.05, 0.1) is 13.0 Å². The van der Waals surface area contributed by atoms with E-state index in [1.165, 1.54) is 0 Å². The fraction of sp³-hybridized carbons (Fsp3) is 0.129. The third-order valence-corrected chi connectivity index (χ3v) is 6.69. The minimum Gasteiger partial charge on any atom is -0.497 e. The number of carboxylic acids is 1. The van der Waals surface area contributed by atoms with Gasteiger partial charge in [0.1, 0.15) is 5.75 Å². The number of rotatable bonds is 7. The molecule has 0 spiro atoms. The Balaban J connectivity index is 1.69. The summed E-state index contributed by atoms with van der Waals surface area (Å²) in [5, 5.41) is 14.9. The zero-order valence-corrected chi connectivity index (χ0v) is 19.0. The quantitative estimate of drug-likeness (QED) is 0.283. The standard InChI is InChI=1S/C31H26O3/c1-34-24-18-16-23(17-19-24)29(31(32)33)20-30(27-14-6-10-21-8-2-4-12-25(21)27)28-15-7-11-22-9-3-5-13-26(22)28/h2-19,29-30H,20H2,1H3,(H,32,33)/t29-/m1/s1. The number of methoxy groups -OCH3 is 1. The highest BCUT2D eigenvalue weighted by Crippen LogP contribution is 2.41. The molecule has 0 saturated heterocycles. The predicted molar refractivity (Wildman–Crippen MR) is 138 cm³/mol. The van der Waals surface area contributed by atoms with Crippen molar-refractivity contribution in [1.82, 2.24) is 0 Å². The first-order valence-corrected chi connectivity index (χ1v) is 11.5.